The van der Waals surface area contributed by atoms with Crippen LogP contribution >= 0.6 is 24.0 Å². The molecule has 26 heavy (non-hydrogen) atoms. The van der Waals surface area contributed by atoms with Gasteiger partial charge in [-0.2, -0.15) is 0 Å². The summed E-state index contributed by atoms with van der Waals surface area (Å²) in [6.07, 6.45) is 0.800. The van der Waals surface area contributed by atoms with Crippen LogP contribution in [0.5, 0.6) is 0 Å². The number of hydrogen-bond donors (Lipinski definition) is 3. The predicted molar refractivity (Wildman–Crippen MR) is 115 cm³/mol. The van der Waals surface area contributed by atoms with Crippen LogP contribution in [0.15, 0.2) is 29.3 Å². The second-order valence-electron chi connectivity index (χ2n) is 6.54. The van der Waals surface area contributed by atoms with Crippen LogP contribution in [0, 0.1) is 0 Å². The van der Waals surface area contributed by atoms with Gasteiger partial charge < -0.3 is 15.4 Å². The monoisotopic (exact) mass is 480 g/mol. The number of ether oxygens (including phenoxy) is 1. The molecule has 0 spiro atoms. The molecule has 1 amide bonds. The molecule has 0 atom stereocenters. The molecule has 1 rings (SSSR count). The Labute approximate surface area is 172 Å². The molecule has 0 aliphatic heterocycles. The zero-order valence-electron chi connectivity index (χ0n) is 15.9. The molecule has 0 radical (unpaired) electrons. The second-order valence-corrected chi connectivity index (χ2v) is 6.54. The fraction of sp³-hybridized carbons (Fsp3) is 0.556. The number of alkyl halides is 1. The van der Waals surface area contributed by atoms with Crippen LogP contribution in [0.4, 0.5) is 14.9 Å². The van der Waals surface area contributed by atoms with Crippen molar-refractivity contribution in [2.75, 3.05) is 32.1 Å². The maximum absolute atomic E-state index is 12.1. The Morgan fingerprint density at radius 1 is 1.15 bits per heavy atom. The van der Waals surface area contributed by atoms with Crippen molar-refractivity contribution < 1.29 is 13.9 Å². The Hall–Kier alpha value is -1.58. The number of carbonyl (C=O) groups is 1. The molecule has 0 aliphatic carbocycles. The fourth-order valence-corrected chi connectivity index (χ4v) is 2.00. The minimum Gasteiger partial charge on any atom is -0.444 e. The van der Waals surface area contributed by atoms with E-state index in [0.29, 0.717) is 31.2 Å². The number of hydrogen-bond acceptors (Lipinski definition) is 3. The number of halogens is 2. The van der Waals surface area contributed by atoms with Crippen molar-refractivity contribution in [3.63, 3.8) is 0 Å². The van der Waals surface area contributed by atoms with Crippen molar-refractivity contribution in [2.45, 2.75) is 39.2 Å². The number of rotatable bonds is 7. The first-order valence-electron chi connectivity index (χ1n) is 8.43. The van der Waals surface area contributed by atoms with E-state index in [1.165, 1.54) is 0 Å². The summed E-state index contributed by atoms with van der Waals surface area (Å²) in [5.41, 5.74) is 1.29. The van der Waals surface area contributed by atoms with Crippen molar-refractivity contribution in [3.8, 4) is 0 Å². The molecule has 0 unspecified atom stereocenters. The summed E-state index contributed by atoms with van der Waals surface area (Å²) in [7, 11) is 1.68. The quantitative estimate of drug-likeness (QED) is 0.241. The lowest BCUT2D eigenvalue weighted by Crippen LogP contribution is -2.38. The first-order chi connectivity index (χ1) is 11.8. The molecule has 3 N–H and O–H groups in total. The first-order valence-corrected chi connectivity index (χ1v) is 8.43. The maximum Gasteiger partial charge on any atom is 0.412 e. The van der Waals surface area contributed by atoms with Crippen LogP contribution in [-0.4, -0.2) is 44.5 Å². The van der Waals surface area contributed by atoms with Crippen molar-refractivity contribution in [2.24, 2.45) is 4.99 Å². The Bertz CT molecular complexity index is 559. The molecule has 148 valence electrons. The van der Waals surface area contributed by atoms with E-state index in [0.717, 1.165) is 12.0 Å². The predicted octanol–water partition coefficient (Wildman–Crippen LogP) is 3.72. The van der Waals surface area contributed by atoms with Gasteiger partial charge in [-0.1, -0.05) is 12.1 Å². The molecule has 0 heterocycles. The lowest BCUT2D eigenvalue weighted by molar-refractivity contribution is 0.0636. The van der Waals surface area contributed by atoms with Gasteiger partial charge in [0.05, 0.1) is 6.67 Å². The third-order valence-electron chi connectivity index (χ3n) is 3.13. The Balaban J connectivity index is 0.00000625. The fourth-order valence-electron chi connectivity index (χ4n) is 2.00. The van der Waals surface area contributed by atoms with E-state index >= 15 is 0 Å². The highest BCUT2D eigenvalue weighted by molar-refractivity contribution is 14.0. The molecule has 6 nitrogen and oxygen atoms in total. The highest BCUT2D eigenvalue weighted by Crippen LogP contribution is 2.13. The Morgan fingerprint density at radius 2 is 1.77 bits per heavy atom. The summed E-state index contributed by atoms with van der Waals surface area (Å²) >= 11 is 0. The molecule has 1 aromatic rings. The van der Waals surface area contributed by atoms with Crippen molar-refractivity contribution >= 4 is 41.7 Å². The number of amides is 1. The van der Waals surface area contributed by atoms with Gasteiger partial charge >= 0.3 is 6.09 Å². The summed E-state index contributed by atoms with van der Waals surface area (Å²) in [6.45, 7) is 6.39. The van der Waals surface area contributed by atoms with Gasteiger partial charge in [0, 0.05) is 25.8 Å². The van der Waals surface area contributed by atoms with E-state index in [4.69, 9.17) is 4.74 Å². The van der Waals surface area contributed by atoms with E-state index < -0.39 is 11.7 Å². The van der Waals surface area contributed by atoms with Crippen LogP contribution < -0.4 is 16.0 Å². The number of nitrogens with one attached hydrogen (secondary N) is 3. The minimum absolute atomic E-state index is 0. The highest BCUT2D eigenvalue weighted by atomic mass is 127. The molecular weight excluding hydrogens is 450 g/mol. The molecule has 0 aromatic heterocycles. The Kier molecular flexibility index (Phi) is 11.9. The van der Waals surface area contributed by atoms with Gasteiger partial charge in [0.25, 0.3) is 0 Å². The smallest absolute Gasteiger partial charge is 0.412 e. The van der Waals surface area contributed by atoms with Crippen molar-refractivity contribution in [1.82, 2.24) is 10.6 Å². The summed E-state index contributed by atoms with van der Waals surface area (Å²) in [5.74, 6) is 0.664. The van der Waals surface area contributed by atoms with Crippen LogP contribution in [0.3, 0.4) is 0 Å². The zero-order chi connectivity index (χ0) is 18.7. The SMILES string of the molecule is CN=C(NCCCF)NCCc1ccc(NC(=O)OC(C)(C)C)cc1.I. The van der Waals surface area contributed by atoms with Crippen molar-refractivity contribution in [1.29, 1.82) is 0 Å². The number of guanidine groups is 1. The highest BCUT2D eigenvalue weighted by Gasteiger charge is 2.15. The standard InChI is InChI=1S/C18H29FN4O2.HI/c1-18(2,3)25-17(24)23-15-8-6-14(7-9-15)10-13-22-16(20-4)21-12-5-11-19;/h6-9H,5,10-13H2,1-4H3,(H,23,24)(H2,20,21,22);1H. The van der Waals surface area contributed by atoms with Gasteiger partial charge in [-0.3, -0.25) is 14.7 Å². The zero-order valence-corrected chi connectivity index (χ0v) is 18.2. The van der Waals surface area contributed by atoms with Crippen molar-refractivity contribution in [3.05, 3.63) is 29.8 Å². The summed E-state index contributed by atoms with van der Waals surface area (Å²) < 4.78 is 17.3. The van der Waals surface area contributed by atoms with Crippen LogP contribution in [0.2, 0.25) is 0 Å². The van der Waals surface area contributed by atoms with Crippen LogP contribution in [0.1, 0.15) is 32.8 Å². The van der Waals surface area contributed by atoms with E-state index in [1.807, 2.05) is 45.0 Å². The molecule has 0 aliphatic rings. The Morgan fingerprint density at radius 3 is 2.31 bits per heavy atom. The maximum atomic E-state index is 12.1. The molecule has 0 saturated carbocycles. The normalized spacial score (nSPS) is 11.3. The van der Waals surface area contributed by atoms with Gasteiger partial charge in [0.2, 0.25) is 0 Å². The van der Waals surface area contributed by atoms with E-state index in [2.05, 4.69) is 20.9 Å². The van der Waals surface area contributed by atoms with E-state index in [1.54, 1.807) is 7.05 Å². The summed E-state index contributed by atoms with van der Waals surface area (Å²) in [5, 5.41) is 8.92. The second kappa shape index (κ2) is 12.7. The summed E-state index contributed by atoms with van der Waals surface area (Å²) in [4.78, 5) is 15.8. The van der Waals surface area contributed by atoms with Crippen LogP contribution in [0.25, 0.3) is 0 Å². The summed E-state index contributed by atoms with van der Waals surface area (Å²) in [6, 6.07) is 7.59. The molecule has 8 heteroatoms. The molecule has 1 aromatic carbocycles. The average Bonchev–Trinajstić information content (AvgIpc) is 2.53. The van der Waals surface area contributed by atoms with Gasteiger partial charge in [0.15, 0.2) is 5.96 Å². The average molecular weight is 480 g/mol. The van der Waals surface area contributed by atoms with E-state index in [-0.39, 0.29) is 30.7 Å². The third kappa shape index (κ3) is 11.1. The first kappa shape index (κ1) is 24.4. The number of anilines is 1. The van der Waals surface area contributed by atoms with Gasteiger partial charge in [-0.05, 0) is 51.3 Å². The minimum atomic E-state index is -0.521. The lowest BCUT2D eigenvalue weighted by Gasteiger charge is -2.19. The largest absolute Gasteiger partial charge is 0.444 e. The molecule has 0 saturated heterocycles. The number of carbonyl (C=O) groups excluding carboxylic acids is 1. The molecular formula is C18H30FIN4O2. The number of aliphatic imine (C=N–C) groups is 1. The van der Waals surface area contributed by atoms with Gasteiger partial charge in [-0.15, -0.1) is 24.0 Å². The van der Waals surface area contributed by atoms with Gasteiger partial charge in [-0.25, -0.2) is 4.79 Å². The number of benzene rings is 1. The lowest BCUT2D eigenvalue weighted by atomic mass is 10.1. The van der Waals surface area contributed by atoms with E-state index in [9.17, 15) is 9.18 Å². The molecule has 0 bridgehead atoms. The third-order valence-corrected chi connectivity index (χ3v) is 3.13. The van der Waals surface area contributed by atoms with Crippen LogP contribution in [-0.2, 0) is 11.2 Å². The number of nitrogens with zero attached hydrogens (tertiary/aromatic N) is 1. The topological polar surface area (TPSA) is 74.8 Å². The van der Waals surface area contributed by atoms with Gasteiger partial charge in [0.1, 0.15) is 5.60 Å². The molecule has 0 fully saturated rings.